The minimum absolute atomic E-state index is 0.241. The molecule has 3 aromatic carbocycles. The fourth-order valence-electron chi connectivity index (χ4n) is 6.31. The SMILES string of the molecule is COC(=O)N[C@H](C(=O)NCCC(F)(F)C[C@@H](CO)N(CC1CC(F)(F)C1)S(=O)(=O)c1ccc2ncsc2c1)C(c1ccccc1)c1ccccc1. The van der Waals surface area contributed by atoms with Gasteiger partial charge in [-0.1, -0.05) is 60.7 Å². The van der Waals surface area contributed by atoms with Crippen LogP contribution in [0.1, 0.15) is 42.7 Å². The molecular formula is C35H38F4N4O6S2. The lowest BCUT2D eigenvalue weighted by Gasteiger charge is -2.40. The molecule has 1 aliphatic carbocycles. The molecule has 0 radical (unpaired) electrons. The molecule has 1 saturated carbocycles. The smallest absolute Gasteiger partial charge is 0.407 e. The number of nitrogens with one attached hydrogen (secondary N) is 2. The number of aliphatic hydroxyl groups is 1. The molecule has 4 aromatic rings. The van der Waals surface area contributed by atoms with Gasteiger partial charge in [-0.2, -0.15) is 4.31 Å². The number of methoxy groups -OCH3 is 1. The van der Waals surface area contributed by atoms with Crippen molar-refractivity contribution in [3.8, 4) is 0 Å². The number of alkyl carbamates (subject to hydrolysis) is 1. The van der Waals surface area contributed by atoms with Gasteiger partial charge < -0.3 is 20.5 Å². The number of aliphatic hydroxyl groups excluding tert-OH is 1. The first kappa shape index (κ1) is 38.1. The van der Waals surface area contributed by atoms with Gasteiger partial charge in [0.15, 0.2) is 0 Å². The van der Waals surface area contributed by atoms with E-state index in [1.54, 1.807) is 60.7 Å². The predicted octanol–water partition coefficient (Wildman–Crippen LogP) is 5.78. The quantitative estimate of drug-likeness (QED) is 0.124. The summed E-state index contributed by atoms with van der Waals surface area (Å²) in [5.74, 6) is -8.92. The standard InChI is InChI=1S/C35H38F4N4O6S2/c1-49-33(46)42-31(30(24-8-4-2-5-9-24)25-10-6-3-7-11-25)32(45)40-15-14-34(36,37)19-26(21-44)43(20-23-17-35(38,39)18-23)51(47,48)27-12-13-28-29(16-27)50-22-41-28/h2-13,16,22-23,26,30-31,44H,14-15,17-21H2,1H3,(H,40,45)(H,42,46)/t26-,31-/m0/s1. The predicted molar refractivity (Wildman–Crippen MR) is 183 cm³/mol. The van der Waals surface area contributed by atoms with Crippen LogP contribution >= 0.6 is 11.3 Å². The highest BCUT2D eigenvalue weighted by molar-refractivity contribution is 7.89. The Bertz CT molecular complexity index is 1850. The summed E-state index contributed by atoms with van der Waals surface area (Å²) in [6.07, 6.45) is -4.24. The molecule has 0 aliphatic heterocycles. The van der Waals surface area contributed by atoms with Crippen LogP contribution in [0, 0.1) is 5.92 Å². The van der Waals surface area contributed by atoms with Crippen molar-refractivity contribution in [3.05, 3.63) is 95.5 Å². The molecule has 2 atom stereocenters. The van der Waals surface area contributed by atoms with Crippen molar-refractivity contribution in [2.75, 3.05) is 26.8 Å². The van der Waals surface area contributed by atoms with E-state index in [2.05, 4.69) is 15.6 Å². The van der Waals surface area contributed by atoms with Crippen molar-refractivity contribution < 1.29 is 45.4 Å². The summed E-state index contributed by atoms with van der Waals surface area (Å²) in [4.78, 5) is 29.8. The van der Waals surface area contributed by atoms with E-state index in [9.17, 15) is 31.9 Å². The molecule has 1 aliphatic rings. The van der Waals surface area contributed by atoms with E-state index in [0.29, 0.717) is 25.6 Å². The first-order valence-electron chi connectivity index (χ1n) is 16.2. The van der Waals surface area contributed by atoms with Crippen molar-refractivity contribution in [2.45, 2.75) is 60.4 Å². The first-order valence-corrected chi connectivity index (χ1v) is 18.5. The number of fused-ring (bicyclic) bond motifs is 1. The summed E-state index contributed by atoms with van der Waals surface area (Å²) in [6, 6.07) is 18.8. The number of rotatable bonds is 16. The third-order valence-corrected chi connectivity index (χ3v) is 11.6. The number of amides is 2. The number of thiazole rings is 1. The zero-order chi connectivity index (χ0) is 36.8. The lowest BCUT2D eigenvalue weighted by atomic mass is 9.81. The minimum atomic E-state index is -4.53. The van der Waals surface area contributed by atoms with Gasteiger partial charge in [0.2, 0.25) is 21.9 Å². The maximum atomic E-state index is 15.6. The number of ether oxygens (including phenoxy) is 1. The molecule has 3 N–H and O–H groups in total. The third kappa shape index (κ3) is 9.41. The Labute approximate surface area is 296 Å². The lowest BCUT2D eigenvalue weighted by molar-refractivity contribution is -0.124. The second-order valence-corrected chi connectivity index (χ2v) is 15.3. The number of hydrogen-bond acceptors (Lipinski definition) is 8. The van der Waals surface area contributed by atoms with Crippen molar-refractivity contribution in [3.63, 3.8) is 0 Å². The second kappa shape index (κ2) is 16.0. The Morgan fingerprint density at radius 1 is 1.06 bits per heavy atom. The average Bonchev–Trinajstić information content (AvgIpc) is 3.57. The van der Waals surface area contributed by atoms with Gasteiger partial charge in [0.05, 0.1) is 40.4 Å². The highest BCUT2D eigenvalue weighted by atomic mass is 32.2. The molecule has 16 heteroatoms. The Morgan fingerprint density at radius 3 is 2.25 bits per heavy atom. The van der Waals surface area contributed by atoms with Gasteiger partial charge in [-0.25, -0.2) is 35.8 Å². The monoisotopic (exact) mass is 750 g/mol. The molecule has 1 heterocycles. The highest BCUT2D eigenvalue weighted by Crippen LogP contribution is 2.44. The number of carbonyl (C=O) groups excluding carboxylic acids is 2. The number of carbonyl (C=O) groups is 2. The Kier molecular flexibility index (Phi) is 12.0. The molecule has 2 amide bonds. The Balaban J connectivity index is 1.33. The number of sulfonamides is 1. The van der Waals surface area contributed by atoms with Crippen molar-refractivity contribution in [1.82, 2.24) is 19.9 Å². The van der Waals surface area contributed by atoms with Gasteiger partial charge in [-0.05, 0) is 35.2 Å². The van der Waals surface area contributed by atoms with E-state index in [4.69, 9.17) is 4.74 Å². The minimum Gasteiger partial charge on any atom is -0.453 e. The van der Waals surface area contributed by atoms with E-state index < -0.39 is 103 Å². The van der Waals surface area contributed by atoms with Gasteiger partial charge in [-0.15, -0.1) is 11.3 Å². The van der Waals surface area contributed by atoms with E-state index in [0.717, 1.165) is 7.11 Å². The lowest BCUT2D eigenvalue weighted by Crippen LogP contribution is -2.52. The summed E-state index contributed by atoms with van der Waals surface area (Å²) in [6.45, 7) is -2.07. The van der Waals surface area contributed by atoms with Gasteiger partial charge in [0.1, 0.15) is 6.04 Å². The fraction of sp³-hybridized carbons (Fsp3) is 0.400. The van der Waals surface area contributed by atoms with Crippen molar-refractivity contribution >= 4 is 43.6 Å². The maximum Gasteiger partial charge on any atom is 0.407 e. The number of hydrogen-bond donors (Lipinski definition) is 3. The molecule has 51 heavy (non-hydrogen) atoms. The van der Waals surface area contributed by atoms with Crippen LogP contribution in [0.3, 0.4) is 0 Å². The van der Waals surface area contributed by atoms with Gasteiger partial charge in [-0.3, -0.25) is 4.79 Å². The third-order valence-electron chi connectivity index (χ3n) is 8.86. The molecule has 5 rings (SSSR count). The molecule has 0 unspecified atom stereocenters. The van der Waals surface area contributed by atoms with Crippen LogP contribution in [-0.4, -0.2) is 85.5 Å². The number of aromatic nitrogens is 1. The Morgan fingerprint density at radius 2 is 1.69 bits per heavy atom. The van der Waals surface area contributed by atoms with Crippen LogP contribution in [0.2, 0.25) is 0 Å². The molecule has 10 nitrogen and oxygen atoms in total. The van der Waals surface area contributed by atoms with Crippen LogP contribution in [-0.2, 0) is 19.6 Å². The van der Waals surface area contributed by atoms with E-state index >= 15 is 8.78 Å². The highest BCUT2D eigenvalue weighted by Gasteiger charge is 2.48. The van der Waals surface area contributed by atoms with Crippen LogP contribution in [0.25, 0.3) is 10.2 Å². The first-order chi connectivity index (χ1) is 24.2. The number of benzene rings is 3. The summed E-state index contributed by atoms with van der Waals surface area (Å²) < 4.78 is 92.5. The summed E-state index contributed by atoms with van der Waals surface area (Å²) in [7, 11) is -3.41. The van der Waals surface area contributed by atoms with Gasteiger partial charge in [0.25, 0.3) is 5.92 Å². The van der Waals surface area contributed by atoms with Crippen LogP contribution in [0.15, 0.2) is 89.3 Å². The molecule has 0 bridgehead atoms. The fourth-order valence-corrected chi connectivity index (χ4v) is 8.82. The number of halogens is 4. The van der Waals surface area contributed by atoms with Crippen molar-refractivity contribution in [2.24, 2.45) is 5.92 Å². The second-order valence-electron chi connectivity index (χ2n) is 12.5. The molecule has 0 spiro atoms. The van der Waals surface area contributed by atoms with Crippen LogP contribution in [0.5, 0.6) is 0 Å². The molecule has 1 fully saturated rings. The Hall–Kier alpha value is -4.12. The van der Waals surface area contributed by atoms with Gasteiger partial charge >= 0.3 is 6.09 Å². The molecule has 0 saturated heterocycles. The largest absolute Gasteiger partial charge is 0.453 e. The van der Waals surface area contributed by atoms with E-state index in [1.807, 2.05) is 0 Å². The normalized spacial score (nSPS) is 16.1. The average molecular weight is 751 g/mol. The van der Waals surface area contributed by atoms with Crippen molar-refractivity contribution in [1.29, 1.82) is 0 Å². The van der Waals surface area contributed by atoms with Crippen LogP contribution in [0.4, 0.5) is 22.4 Å². The molecular weight excluding hydrogens is 713 g/mol. The van der Waals surface area contributed by atoms with E-state index in [1.165, 1.54) is 35.0 Å². The topological polar surface area (TPSA) is 138 Å². The molecule has 1 aromatic heterocycles. The van der Waals surface area contributed by atoms with Crippen LogP contribution < -0.4 is 10.6 Å². The zero-order valence-corrected chi connectivity index (χ0v) is 29.2. The van der Waals surface area contributed by atoms with E-state index in [-0.39, 0.29) is 4.90 Å². The number of alkyl halides is 4. The van der Waals surface area contributed by atoms with Gasteiger partial charge in [0, 0.05) is 44.7 Å². The zero-order valence-electron chi connectivity index (χ0n) is 27.6. The summed E-state index contributed by atoms with van der Waals surface area (Å²) in [5, 5.41) is 15.3. The molecule has 274 valence electrons. The summed E-state index contributed by atoms with van der Waals surface area (Å²) >= 11 is 1.17. The maximum absolute atomic E-state index is 15.6. The summed E-state index contributed by atoms with van der Waals surface area (Å²) in [5.41, 5.74) is 3.37. The number of nitrogens with zero attached hydrogens (tertiary/aromatic N) is 2.